The van der Waals surface area contributed by atoms with Gasteiger partial charge in [-0.2, -0.15) is 9.78 Å². The summed E-state index contributed by atoms with van der Waals surface area (Å²) >= 11 is 0. The van der Waals surface area contributed by atoms with Crippen LogP contribution in [0.1, 0.15) is 39.6 Å². The number of pyridine rings is 1. The van der Waals surface area contributed by atoms with Gasteiger partial charge in [-0.05, 0) is 39.8 Å². The Morgan fingerprint density at radius 3 is 2.68 bits per heavy atom. The topological polar surface area (TPSA) is 108 Å². The summed E-state index contributed by atoms with van der Waals surface area (Å²) < 4.78 is 6.77. The monoisotopic (exact) mass is 304 g/mol. The maximum Gasteiger partial charge on any atom is 0.408 e. The Labute approximate surface area is 128 Å². The van der Waals surface area contributed by atoms with E-state index in [4.69, 9.17) is 10.5 Å². The third-order valence-corrected chi connectivity index (χ3v) is 2.68. The van der Waals surface area contributed by atoms with Crippen LogP contribution in [0.5, 0.6) is 0 Å². The van der Waals surface area contributed by atoms with Crippen molar-refractivity contribution in [3.63, 3.8) is 0 Å². The third kappa shape index (κ3) is 3.94. The first-order valence-electron chi connectivity index (χ1n) is 6.87. The predicted molar refractivity (Wildman–Crippen MR) is 81.4 cm³/mol. The van der Waals surface area contributed by atoms with Crippen LogP contribution in [-0.2, 0) is 4.74 Å². The number of alkyl carbamates (subject to hydrolysis) is 1. The van der Waals surface area contributed by atoms with Crippen molar-refractivity contribution < 1.29 is 9.53 Å². The van der Waals surface area contributed by atoms with Crippen molar-refractivity contribution in [2.75, 3.05) is 5.73 Å². The molecule has 118 valence electrons. The number of nitrogen functional groups attached to an aromatic ring is 1. The zero-order valence-electron chi connectivity index (χ0n) is 13.1. The molecule has 0 aliphatic carbocycles. The summed E-state index contributed by atoms with van der Waals surface area (Å²) in [4.78, 5) is 20.2. The highest BCUT2D eigenvalue weighted by Crippen LogP contribution is 2.15. The summed E-state index contributed by atoms with van der Waals surface area (Å²) in [6.45, 7) is 7.20. The number of carbonyl (C=O) groups excluding carboxylic acids is 1. The van der Waals surface area contributed by atoms with Gasteiger partial charge >= 0.3 is 6.09 Å². The molecule has 3 N–H and O–H groups in total. The Balaban J connectivity index is 2.15. The van der Waals surface area contributed by atoms with Crippen molar-refractivity contribution in [2.45, 2.75) is 39.3 Å². The molecule has 0 bridgehead atoms. The summed E-state index contributed by atoms with van der Waals surface area (Å²) in [5.41, 5.74) is 5.62. The Morgan fingerprint density at radius 2 is 2.09 bits per heavy atom. The number of aromatic nitrogens is 4. The van der Waals surface area contributed by atoms with E-state index in [1.807, 2.05) is 0 Å². The molecule has 8 heteroatoms. The lowest BCUT2D eigenvalue weighted by Crippen LogP contribution is -2.35. The van der Waals surface area contributed by atoms with Crippen LogP contribution in [0.25, 0.3) is 5.82 Å². The molecule has 1 atom stereocenters. The predicted octanol–water partition coefficient (Wildman–Crippen LogP) is 1.83. The zero-order chi connectivity index (χ0) is 16.3. The SMILES string of the molecule is CC(NC(=O)OC(C)(C)C)c1ncnn1-c1ccc(N)cn1. The van der Waals surface area contributed by atoms with E-state index in [0.29, 0.717) is 17.3 Å². The lowest BCUT2D eigenvalue weighted by Gasteiger charge is -2.21. The lowest BCUT2D eigenvalue weighted by molar-refractivity contribution is 0.0505. The molecular formula is C14H20N6O2. The fourth-order valence-corrected chi connectivity index (χ4v) is 1.79. The van der Waals surface area contributed by atoms with Crippen LogP contribution in [-0.4, -0.2) is 31.4 Å². The average molecular weight is 304 g/mol. The molecule has 0 spiro atoms. The smallest absolute Gasteiger partial charge is 0.408 e. The van der Waals surface area contributed by atoms with Gasteiger partial charge < -0.3 is 15.8 Å². The molecule has 2 aromatic rings. The summed E-state index contributed by atoms with van der Waals surface area (Å²) in [6, 6.07) is 3.06. The Hall–Kier alpha value is -2.64. The van der Waals surface area contributed by atoms with Crippen LogP contribution < -0.4 is 11.1 Å². The minimum atomic E-state index is -0.560. The number of hydrogen-bond donors (Lipinski definition) is 2. The standard InChI is InChI=1S/C14H20N6O2/c1-9(19-13(21)22-14(2,3)4)12-17-8-18-20(12)11-6-5-10(15)7-16-11/h5-9H,15H2,1-4H3,(H,19,21). The second-order valence-electron chi connectivity index (χ2n) is 5.85. The van der Waals surface area contributed by atoms with Crippen molar-refractivity contribution in [3.8, 4) is 5.82 Å². The van der Waals surface area contributed by atoms with E-state index in [1.165, 1.54) is 12.5 Å². The Bertz CT molecular complexity index is 644. The second kappa shape index (κ2) is 6.00. The van der Waals surface area contributed by atoms with Crippen LogP contribution in [0.3, 0.4) is 0 Å². The van der Waals surface area contributed by atoms with Crippen LogP contribution in [0.4, 0.5) is 10.5 Å². The first-order chi connectivity index (χ1) is 10.3. The van der Waals surface area contributed by atoms with Crippen LogP contribution in [0, 0.1) is 0 Å². The molecular weight excluding hydrogens is 284 g/mol. The van der Waals surface area contributed by atoms with Crippen LogP contribution in [0.15, 0.2) is 24.7 Å². The molecule has 2 heterocycles. The quantitative estimate of drug-likeness (QED) is 0.895. The van der Waals surface area contributed by atoms with Gasteiger partial charge in [-0.25, -0.2) is 14.8 Å². The highest BCUT2D eigenvalue weighted by Gasteiger charge is 2.21. The Morgan fingerprint density at radius 1 is 1.36 bits per heavy atom. The van der Waals surface area contributed by atoms with E-state index in [-0.39, 0.29) is 0 Å². The van der Waals surface area contributed by atoms with Gasteiger partial charge in [-0.1, -0.05) is 0 Å². The number of ether oxygens (including phenoxy) is 1. The fourth-order valence-electron chi connectivity index (χ4n) is 1.79. The lowest BCUT2D eigenvalue weighted by atomic mass is 10.2. The first-order valence-corrected chi connectivity index (χ1v) is 6.87. The van der Waals surface area contributed by atoms with E-state index in [9.17, 15) is 4.79 Å². The van der Waals surface area contributed by atoms with Gasteiger partial charge in [0.05, 0.1) is 17.9 Å². The molecule has 0 fully saturated rings. The van der Waals surface area contributed by atoms with Crippen molar-refractivity contribution in [1.82, 2.24) is 25.1 Å². The van der Waals surface area contributed by atoms with Gasteiger partial charge in [0.1, 0.15) is 11.9 Å². The van der Waals surface area contributed by atoms with Crippen LogP contribution in [0.2, 0.25) is 0 Å². The molecule has 0 aromatic carbocycles. The van der Waals surface area contributed by atoms with Crippen molar-refractivity contribution in [2.24, 2.45) is 0 Å². The van der Waals surface area contributed by atoms with Gasteiger partial charge in [0.15, 0.2) is 11.6 Å². The van der Waals surface area contributed by atoms with Crippen molar-refractivity contribution in [1.29, 1.82) is 0 Å². The molecule has 0 aliphatic heterocycles. The number of amides is 1. The van der Waals surface area contributed by atoms with Crippen molar-refractivity contribution >= 4 is 11.8 Å². The molecule has 8 nitrogen and oxygen atoms in total. The van der Waals surface area contributed by atoms with Gasteiger partial charge in [-0.15, -0.1) is 0 Å². The molecule has 1 amide bonds. The highest BCUT2D eigenvalue weighted by molar-refractivity contribution is 5.68. The van der Waals surface area contributed by atoms with E-state index in [0.717, 1.165) is 0 Å². The summed E-state index contributed by atoms with van der Waals surface area (Å²) in [7, 11) is 0. The van der Waals surface area contributed by atoms with Gasteiger partial charge in [-0.3, -0.25) is 0 Å². The van der Waals surface area contributed by atoms with E-state index < -0.39 is 17.7 Å². The first kappa shape index (κ1) is 15.7. The van der Waals surface area contributed by atoms with E-state index in [1.54, 1.807) is 44.5 Å². The average Bonchev–Trinajstić information content (AvgIpc) is 2.86. The fraction of sp³-hybridized carbons (Fsp3) is 0.429. The third-order valence-electron chi connectivity index (χ3n) is 2.68. The summed E-state index contributed by atoms with van der Waals surface area (Å²) in [5, 5.41) is 6.85. The largest absolute Gasteiger partial charge is 0.444 e. The van der Waals surface area contributed by atoms with E-state index in [2.05, 4.69) is 20.4 Å². The number of rotatable bonds is 3. The number of nitrogens with one attached hydrogen (secondary N) is 1. The normalized spacial score (nSPS) is 12.7. The molecule has 0 saturated heterocycles. The molecule has 1 unspecified atom stereocenters. The molecule has 0 radical (unpaired) electrons. The van der Waals surface area contributed by atoms with E-state index >= 15 is 0 Å². The summed E-state index contributed by atoms with van der Waals surface area (Å²) in [5.74, 6) is 1.11. The number of carbonyl (C=O) groups is 1. The minimum absolute atomic E-state index is 0.392. The van der Waals surface area contributed by atoms with Gasteiger partial charge in [0, 0.05) is 0 Å². The minimum Gasteiger partial charge on any atom is -0.444 e. The maximum absolute atomic E-state index is 11.8. The molecule has 2 rings (SSSR count). The highest BCUT2D eigenvalue weighted by atomic mass is 16.6. The number of hydrogen-bond acceptors (Lipinski definition) is 6. The molecule has 2 aromatic heterocycles. The molecule has 22 heavy (non-hydrogen) atoms. The second-order valence-corrected chi connectivity index (χ2v) is 5.85. The van der Waals surface area contributed by atoms with Gasteiger partial charge in [0.2, 0.25) is 0 Å². The van der Waals surface area contributed by atoms with Gasteiger partial charge in [0.25, 0.3) is 0 Å². The molecule has 0 saturated carbocycles. The van der Waals surface area contributed by atoms with Crippen LogP contribution >= 0.6 is 0 Å². The van der Waals surface area contributed by atoms with Crippen molar-refractivity contribution in [3.05, 3.63) is 30.5 Å². The number of anilines is 1. The summed E-state index contributed by atoms with van der Waals surface area (Å²) in [6.07, 6.45) is 2.42. The molecule has 0 aliphatic rings. The Kier molecular flexibility index (Phi) is 4.30. The zero-order valence-corrected chi connectivity index (χ0v) is 13.1. The number of nitrogens with two attached hydrogens (primary N) is 1. The number of nitrogens with zero attached hydrogens (tertiary/aromatic N) is 4. The maximum atomic E-state index is 11.8.